The Labute approximate surface area is 196 Å². The van der Waals surface area contributed by atoms with Crippen LogP contribution in [0.2, 0.25) is 0 Å². The maximum Gasteiger partial charge on any atom is 0.254 e. The minimum atomic E-state index is -0.464. The molecule has 0 N–H and O–H groups in total. The van der Waals surface area contributed by atoms with E-state index in [2.05, 4.69) is 15.0 Å². The summed E-state index contributed by atoms with van der Waals surface area (Å²) in [6.07, 6.45) is 10.1. The number of ether oxygens (including phenoxy) is 1. The van der Waals surface area contributed by atoms with E-state index in [1.807, 2.05) is 39.9 Å². The normalized spacial score (nSPS) is 15.8. The Bertz CT molecular complexity index is 1280. The van der Waals surface area contributed by atoms with Gasteiger partial charge in [-0.05, 0) is 36.6 Å². The van der Waals surface area contributed by atoms with Gasteiger partial charge in [0.1, 0.15) is 5.69 Å². The van der Waals surface area contributed by atoms with Crippen molar-refractivity contribution in [1.29, 1.82) is 0 Å². The van der Waals surface area contributed by atoms with Crippen LogP contribution in [0.25, 0.3) is 0 Å². The summed E-state index contributed by atoms with van der Waals surface area (Å²) in [7, 11) is 0. The number of imidazole rings is 1. The van der Waals surface area contributed by atoms with Crippen LogP contribution in [0.4, 0.5) is 4.39 Å². The number of halogens is 1. The Morgan fingerprint density at radius 1 is 1.06 bits per heavy atom. The molecule has 1 saturated heterocycles. The lowest BCUT2D eigenvalue weighted by molar-refractivity contribution is 0.0703. The Morgan fingerprint density at radius 3 is 2.74 bits per heavy atom. The number of likely N-dealkylation sites (tertiary alicyclic amines) is 1. The highest BCUT2D eigenvalue weighted by atomic mass is 19.1. The lowest BCUT2D eigenvalue weighted by Gasteiger charge is -2.33. The highest BCUT2D eigenvalue weighted by Gasteiger charge is 2.30. The zero-order valence-corrected chi connectivity index (χ0v) is 18.5. The van der Waals surface area contributed by atoms with Crippen LogP contribution in [0, 0.1) is 5.82 Å². The fraction of sp³-hybridized carbons (Fsp3) is 0.231. The predicted octanol–water partition coefficient (Wildman–Crippen LogP) is 4.67. The van der Waals surface area contributed by atoms with Crippen LogP contribution in [0.3, 0.4) is 0 Å². The summed E-state index contributed by atoms with van der Waals surface area (Å²) in [5.41, 5.74) is 2.25. The highest BCUT2D eigenvalue weighted by molar-refractivity contribution is 5.95. The molecule has 8 heteroatoms. The molecule has 1 fully saturated rings. The van der Waals surface area contributed by atoms with Gasteiger partial charge in [0.2, 0.25) is 5.88 Å². The predicted molar refractivity (Wildman–Crippen MR) is 124 cm³/mol. The van der Waals surface area contributed by atoms with Gasteiger partial charge >= 0.3 is 0 Å². The molecule has 0 radical (unpaired) electrons. The molecule has 1 aliphatic rings. The van der Waals surface area contributed by atoms with Crippen molar-refractivity contribution in [1.82, 2.24) is 24.4 Å². The van der Waals surface area contributed by atoms with Crippen molar-refractivity contribution in [3.8, 4) is 11.6 Å². The topological polar surface area (TPSA) is 73.1 Å². The molecule has 0 bridgehead atoms. The number of amides is 1. The van der Waals surface area contributed by atoms with E-state index in [0.29, 0.717) is 30.9 Å². The van der Waals surface area contributed by atoms with Gasteiger partial charge in [0.25, 0.3) is 5.91 Å². The Hall–Kier alpha value is -4.07. The maximum absolute atomic E-state index is 14.1. The fourth-order valence-corrected chi connectivity index (χ4v) is 4.33. The summed E-state index contributed by atoms with van der Waals surface area (Å²) in [5.74, 6) is -0.169. The number of aromatic nitrogens is 4. The molecule has 1 aliphatic heterocycles. The smallest absolute Gasteiger partial charge is 0.254 e. The number of rotatable bonds is 6. The number of hydrogen-bond acceptors (Lipinski definition) is 5. The first kappa shape index (κ1) is 21.8. The van der Waals surface area contributed by atoms with Crippen molar-refractivity contribution >= 4 is 5.91 Å². The van der Waals surface area contributed by atoms with Crippen LogP contribution in [0.5, 0.6) is 11.6 Å². The molecule has 4 aromatic rings. The van der Waals surface area contributed by atoms with Crippen molar-refractivity contribution in [3.05, 3.63) is 102 Å². The van der Waals surface area contributed by atoms with Crippen molar-refractivity contribution in [2.45, 2.75) is 25.3 Å². The quantitative estimate of drug-likeness (QED) is 0.421. The van der Waals surface area contributed by atoms with Crippen molar-refractivity contribution in [2.75, 3.05) is 13.1 Å². The van der Waals surface area contributed by atoms with E-state index in [1.165, 1.54) is 12.3 Å². The van der Waals surface area contributed by atoms with Crippen LogP contribution < -0.4 is 4.74 Å². The number of benzene rings is 2. The summed E-state index contributed by atoms with van der Waals surface area (Å²) < 4.78 is 21.9. The van der Waals surface area contributed by atoms with Crippen LogP contribution in [0.15, 0.2) is 79.6 Å². The minimum absolute atomic E-state index is 0.0131. The lowest BCUT2D eigenvalue weighted by Crippen LogP contribution is -2.39. The van der Waals surface area contributed by atoms with E-state index in [9.17, 15) is 9.18 Å². The number of hydrogen-bond donors (Lipinski definition) is 0. The largest absolute Gasteiger partial charge is 0.434 e. The highest BCUT2D eigenvalue weighted by Crippen LogP contribution is 2.34. The molecule has 5 rings (SSSR count). The van der Waals surface area contributed by atoms with E-state index in [1.54, 1.807) is 36.9 Å². The minimum Gasteiger partial charge on any atom is -0.434 e. The van der Waals surface area contributed by atoms with E-state index in [-0.39, 0.29) is 23.5 Å². The SMILES string of the molecule is O=C(c1ccccc1Cn1ccnc1)N1CCC[C@H](c2nccnc2Oc2ccccc2F)C1. The molecule has 7 nitrogen and oxygen atoms in total. The molecular formula is C26H24FN5O2. The molecule has 1 atom stereocenters. The summed E-state index contributed by atoms with van der Waals surface area (Å²) in [6, 6.07) is 13.9. The van der Waals surface area contributed by atoms with Gasteiger partial charge in [0.05, 0.1) is 6.33 Å². The fourth-order valence-electron chi connectivity index (χ4n) is 4.33. The van der Waals surface area contributed by atoms with Gasteiger partial charge in [-0.15, -0.1) is 0 Å². The van der Waals surface area contributed by atoms with Crippen LogP contribution in [-0.2, 0) is 6.54 Å². The zero-order chi connectivity index (χ0) is 23.3. The summed E-state index contributed by atoms with van der Waals surface area (Å²) in [4.78, 5) is 28.3. The number of carbonyl (C=O) groups excluding carboxylic acids is 1. The number of nitrogens with zero attached hydrogens (tertiary/aromatic N) is 5. The molecule has 172 valence electrons. The summed E-state index contributed by atoms with van der Waals surface area (Å²) in [5, 5.41) is 0. The summed E-state index contributed by atoms with van der Waals surface area (Å²) >= 11 is 0. The number of para-hydroxylation sites is 1. The molecule has 0 spiro atoms. The van der Waals surface area contributed by atoms with Crippen LogP contribution in [0.1, 0.15) is 40.4 Å². The molecule has 3 heterocycles. The van der Waals surface area contributed by atoms with Crippen LogP contribution in [-0.4, -0.2) is 43.4 Å². The molecule has 1 amide bonds. The second kappa shape index (κ2) is 9.82. The van der Waals surface area contributed by atoms with Gasteiger partial charge in [-0.2, -0.15) is 0 Å². The van der Waals surface area contributed by atoms with E-state index < -0.39 is 5.82 Å². The van der Waals surface area contributed by atoms with Gasteiger partial charge in [0, 0.05) is 55.9 Å². The van der Waals surface area contributed by atoms with Gasteiger partial charge in [0.15, 0.2) is 11.6 Å². The average molecular weight is 458 g/mol. The van der Waals surface area contributed by atoms with Gasteiger partial charge < -0.3 is 14.2 Å². The standard InChI is InChI=1S/C26H24FN5O2/c27-22-9-3-4-10-23(22)34-25-24(29-11-12-30-25)20-7-5-14-32(17-20)26(33)21-8-2-1-6-19(21)16-31-15-13-28-18-31/h1-4,6,8-13,15,18,20H,5,7,14,16-17H2/t20-/m0/s1. The maximum atomic E-state index is 14.1. The first-order valence-electron chi connectivity index (χ1n) is 11.3. The van der Waals surface area contributed by atoms with E-state index >= 15 is 0 Å². The molecule has 34 heavy (non-hydrogen) atoms. The first-order valence-corrected chi connectivity index (χ1v) is 11.3. The third-order valence-corrected chi connectivity index (χ3v) is 5.99. The Balaban J connectivity index is 1.37. The molecule has 2 aromatic heterocycles. The van der Waals surface area contributed by atoms with Gasteiger partial charge in [-0.3, -0.25) is 9.78 Å². The van der Waals surface area contributed by atoms with Gasteiger partial charge in [-0.25, -0.2) is 14.4 Å². The Morgan fingerprint density at radius 2 is 1.88 bits per heavy atom. The summed E-state index contributed by atoms with van der Waals surface area (Å²) in [6.45, 7) is 1.73. The molecule has 2 aromatic carbocycles. The third-order valence-electron chi connectivity index (χ3n) is 5.99. The molecule has 0 saturated carbocycles. The second-order valence-electron chi connectivity index (χ2n) is 8.26. The average Bonchev–Trinajstić information content (AvgIpc) is 3.39. The van der Waals surface area contributed by atoms with E-state index in [0.717, 1.165) is 18.4 Å². The first-order chi connectivity index (χ1) is 16.7. The molecule has 0 aliphatic carbocycles. The third kappa shape index (κ3) is 4.66. The zero-order valence-electron chi connectivity index (χ0n) is 18.5. The Kier molecular flexibility index (Phi) is 6.29. The molecule has 0 unspecified atom stereocenters. The van der Waals surface area contributed by atoms with Crippen molar-refractivity contribution in [2.24, 2.45) is 0 Å². The van der Waals surface area contributed by atoms with Crippen molar-refractivity contribution < 1.29 is 13.9 Å². The number of carbonyl (C=O) groups is 1. The van der Waals surface area contributed by atoms with Crippen LogP contribution >= 0.6 is 0 Å². The lowest BCUT2D eigenvalue weighted by atomic mass is 9.93. The van der Waals surface area contributed by atoms with Crippen molar-refractivity contribution in [3.63, 3.8) is 0 Å². The van der Waals surface area contributed by atoms with E-state index in [4.69, 9.17) is 4.74 Å². The number of piperidine rings is 1. The molecular weight excluding hydrogens is 433 g/mol. The monoisotopic (exact) mass is 457 g/mol. The van der Waals surface area contributed by atoms with Gasteiger partial charge in [-0.1, -0.05) is 30.3 Å². The second-order valence-corrected chi connectivity index (χ2v) is 8.26.